The maximum Gasteiger partial charge on any atom is 0.187 e. The molecule has 1 aliphatic heterocycles. The second-order valence-corrected chi connectivity index (χ2v) is 5.11. The van der Waals surface area contributed by atoms with Gasteiger partial charge in [0.25, 0.3) is 0 Å². The van der Waals surface area contributed by atoms with E-state index >= 15 is 0 Å². The van der Waals surface area contributed by atoms with Crippen LogP contribution in [-0.4, -0.2) is 30.6 Å². The molecule has 0 radical (unpaired) electrons. The predicted molar refractivity (Wildman–Crippen MR) is 81.8 cm³/mol. The van der Waals surface area contributed by atoms with Gasteiger partial charge in [0.05, 0.1) is 12.3 Å². The van der Waals surface area contributed by atoms with Gasteiger partial charge < -0.3 is 10.1 Å². The lowest BCUT2D eigenvalue weighted by Gasteiger charge is -2.11. The second kappa shape index (κ2) is 7.43. The summed E-state index contributed by atoms with van der Waals surface area (Å²) < 4.78 is 5.49. The van der Waals surface area contributed by atoms with E-state index in [1.165, 1.54) is 0 Å². The van der Waals surface area contributed by atoms with Crippen molar-refractivity contribution in [3.8, 4) is 0 Å². The summed E-state index contributed by atoms with van der Waals surface area (Å²) in [5.74, 6) is 0. The zero-order valence-electron chi connectivity index (χ0n) is 10.4. The summed E-state index contributed by atoms with van der Waals surface area (Å²) in [5.41, 5.74) is 3.68. The van der Waals surface area contributed by atoms with Crippen LogP contribution in [0.4, 0.5) is 0 Å². The molecular formula is C13H16ClN3OS. The standard InChI is InChI=1S/C13H16ClN3OS/c14-11-4-1-3-10(7-11)8-16-17-13(19)15-9-12-5-2-6-18-12/h1,3-4,7-8,12H,2,5-6,9H2,(H2,15,17,19)/b16-8+. The lowest BCUT2D eigenvalue weighted by molar-refractivity contribution is 0.114. The summed E-state index contributed by atoms with van der Waals surface area (Å²) in [5, 5.41) is 8.31. The first-order valence-corrected chi connectivity index (χ1v) is 6.97. The quantitative estimate of drug-likeness (QED) is 0.509. The SMILES string of the molecule is S=C(NCC1CCCO1)N/N=C/c1cccc(Cl)c1. The Bertz CT molecular complexity index is 461. The number of ether oxygens (including phenoxy) is 1. The number of rotatable bonds is 4. The summed E-state index contributed by atoms with van der Waals surface area (Å²) in [4.78, 5) is 0. The average Bonchev–Trinajstić information content (AvgIpc) is 2.89. The molecule has 0 bridgehead atoms. The van der Waals surface area contributed by atoms with Crippen LogP contribution in [0.25, 0.3) is 0 Å². The van der Waals surface area contributed by atoms with Gasteiger partial charge in [0, 0.05) is 18.2 Å². The highest BCUT2D eigenvalue weighted by Crippen LogP contribution is 2.10. The molecule has 1 fully saturated rings. The van der Waals surface area contributed by atoms with E-state index in [2.05, 4.69) is 15.8 Å². The van der Waals surface area contributed by atoms with Crippen LogP contribution in [-0.2, 0) is 4.74 Å². The maximum absolute atomic E-state index is 5.87. The van der Waals surface area contributed by atoms with Crippen molar-refractivity contribution in [1.82, 2.24) is 10.7 Å². The van der Waals surface area contributed by atoms with Gasteiger partial charge in [-0.2, -0.15) is 5.10 Å². The third-order valence-corrected chi connectivity index (χ3v) is 3.21. The minimum atomic E-state index is 0.261. The van der Waals surface area contributed by atoms with Crippen molar-refractivity contribution < 1.29 is 4.74 Å². The first-order valence-electron chi connectivity index (χ1n) is 6.18. The van der Waals surface area contributed by atoms with Crippen molar-refractivity contribution in [2.24, 2.45) is 5.10 Å². The molecule has 0 saturated carbocycles. The highest BCUT2D eigenvalue weighted by atomic mass is 35.5. The third-order valence-electron chi connectivity index (χ3n) is 2.74. The highest BCUT2D eigenvalue weighted by molar-refractivity contribution is 7.80. The molecule has 6 heteroatoms. The lowest BCUT2D eigenvalue weighted by Crippen LogP contribution is -2.37. The molecule has 4 nitrogen and oxygen atoms in total. The monoisotopic (exact) mass is 297 g/mol. The van der Waals surface area contributed by atoms with E-state index < -0.39 is 0 Å². The van der Waals surface area contributed by atoms with Gasteiger partial charge >= 0.3 is 0 Å². The van der Waals surface area contributed by atoms with E-state index in [1.807, 2.05) is 24.3 Å². The molecule has 19 heavy (non-hydrogen) atoms. The highest BCUT2D eigenvalue weighted by Gasteiger charge is 2.14. The molecule has 0 aromatic heterocycles. The molecule has 1 aromatic carbocycles. The van der Waals surface area contributed by atoms with Crippen molar-refractivity contribution in [1.29, 1.82) is 0 Å². The van der Waals surface area contributed by atoms with Crippen molar-refractivity contribution in [2.75, 3.05) is 13.2 Å². The lowest BCUT2D eigenvalue weighted by atomic mass is 10.2. The molecule has 1 aliphatic rings. The fourth-order valence-corrected chi connectivity index (χ4v) is 2.14. The van der Waals surface area contributed by atoms with Gasteiger partial charge in [-0.15, -0.1) is 0 Å². The van der Waals surface area contributed by atoms with Crippen LogP contribution in [0, 0.1) is 0 Å². The molecular weight excluding hydrogens is 282 g/mol. The largest absolute Gasteiger partial charge is 0.376 e. The number of nitrogens with zero attached hydrogens (tertiary/aromatic N) is 1. The average molecular weight is 298 g/mol. The molecule has 0 spiro atoms. The minimum Gasteiger partial charge on any atom is -0.376 e. The van der Waals surface area contributed by atoms with Crippen LogP contribution in [0.3, 0.4) is 0 Å². The fourth-order valence-electron chi connectivity index (χ4n) is 1.80. The molecule has 1 saturated heterocycles. The molecule has 0 amide bonds. The Morgan fingerprint density at radius 1 is 1.58 bits per heavy atom. The summed E-state index contributed by atoms with van der Waals surface area (Å²) in [6.07, 6.45) is 4.14. The molecule has 1 atom stereocenters. The van der Waals surface area contributed by atoms with Crippen molar-refractivity contribution in [3.05, 3.63) is 34.9 Å². The molecule has 1 aromatic rings. The van der Waals surface area contributed by atoms with Crippen LogP contribution < -0.4 is 10.7 Å². The Balaban J connectivity index is 1.70. The van der Waals surface area contributed by atoms with Gasteiger partial charge in [-0.05, 0) is 42.8 Å². The van der Waals surface area contributed by atoms with Crippen LogP contribution >= 0.6 is 23.8 Å². The van der Waals surface area contributed by atoms with Gasteiger partial charge in [-0.25, -0.2) is 0 Å². The van der Waals surface area contributed by atoms with Crippen LogP contribution in [0.5, 0.6) is 0 Å². The number of nitrogens with one attached hydrogen (secondary N) is 2. The number of hydrazone groups is 1. The molecule has 2 N–H and O–H groups in total. The number of thiocarbonyl (C=S) groups is 1. The topological polar surface area (TPSA) is 45.6 Å². The summed E-state index contributed by atoms with van der Waals surface area (Å²) in [6.45, 7) is 1.57. The molecule has 1 unspecified atom stereocenters. The van der Waals surface area contributed by atoms with Crippen LogP contribution in [0.15, 0.2) is 29.4 Å². The van der Waals surface area contributed by atoms with E-state index in [0.29, 0.717) is 10.1 Å². The first kappa shape index (κ1) is 14.2. The summed E-state index contributed by atoms with van der Waals surface area (Å²) in [7, 11) is 0. The van der Waals surface area contributed by atoms with E-state index in [0.717, 1.165) is 31.6 Å². The number of benzene rings is 1. The van der Waals surface area contributed by atoms with E-state index in [9.17, 15) is 0 Å². The Labute approximate surface area is 123 Å². The van der Waals surface area contributed by atoms with E-state index in [1.54, 1.807) is 6.21 Å². The molecule has 102 valence electrons. The minimum absolute atomic E-state index is 0.261. The van der Waals surface area contributed by atoms with Gasteiger partial charge in [-0.3, -0.25) is 5.43 Å². The van der Waals surface area contributed by atoms with E-state index in [4.69, 9.17) is 28.6 Å². The predicted octanol–water partition coefficient (Wildman–Crippen LogP) is 2.32. The van der Waals surface area contributed by atoms with Crippen molar-refractivity contribution in [2.45, 2.75) is 18.9 Å². The number of halogens is 1. The van der Waals surface area contributed by atoms with Gasteiger partial charge in [-0.1, -0.05) is 23.7 Å². The van der Waals surface area contributed by atoms with Crippen molar-refractivity contribution in [3.63, 3.8) is 0 Å². The summed E-state index contributed by atoms with van der Waals surface area (Å²) in [6, 6.07) is 7.44. The Hall–Kier alpha value is -1.17. The normalized spacial score (nSPS) is 18.7. The Morgan fingerprint density at radius 2 is 2.47 bits per heavy atom. The van der Waals surface area contributed by atoms with E-state index in [-0.39, 0.29) is 6.10 Å². The van der Waals surface area contributed by atoms with Crippen LogP contribution in [0.1, 0.15) is 18.4 Å². The smallest absolute Gasteiger partial charge is 0.187 e. The number of hydrogen-bond donors (Lipinski definition) is 2. The molecule has 2 rings (SSSR count). The molecule has 0 aliphatic carbocycles. The molecule has 1 heterocycles. The summed E-state index contributed by atoms with van der Waals surface area (Å²) >= 11 is 11.0. The van der Waals surface area contributed by atoms with Crippen LogP contribution in [0.2, 0.25) is 5.02 Å². The fraction of sp³-hybridized carbons (Fsp3) is 0.385. The number of hydrogen-bond acceptors (Lipinski definition) is 3. The van der Waals surface area contributed by atoms with Gasteiger partial charge in [0.2, 0.25) is 0 Å². The maximum atomic E-state index is 5.87. The Kier molecular flexibility index (Phi) is 5.57. The van der Waals surface area contributed by atoms with Gasteiger partial charge in [0.1, 0.15) is 0 Å². The van der Waals surface area contributed by atoms with Gasteiger partial charge in [0.15, 0.2) is 5.11 Å². The second-order valence-electron chi connectivity index (χ2n) is 4.27. The Morgan fingerprint density at radius 3 is 3.21 bits per heavy atom. The third kappa shape index (κ3) is 5.14. The zero-order chi connectivity index (χ0) is 13.5. The van der Waals surface area contributed by atoms with Crippen molar-refractivity contribution >= 4 is 35.1 Å². The first-order chi connectivity index (χ1) is 9.24. The zero-order valence-corrected chi connectivity index (χ0v) is 12.0.